The summed E-state index contributed by atoms with van der Waals surface area (Å²) >= 11 is 1.09. The molecule has 1 amide bonds. The minimum atomic E-state index is -0.192. The summed E-state index contributed by atoms with van der Waals surface area (Å²) in [7, 11) is 3.17. The quantitative estimate of drug-likeness (QED) is 0.926. The number of hydrogen-bond donors (Lipinski definition) is 1. The Morgan fingerprint density at radius 1 is 1.27 bits per heavy atom. The van der Waals surface area contributed by atoms with Gasteiger partial charge in [0.2, 0.25) is 10.1 Å². The summed E-state index contributed by atoms with van der Waals surface area (Å²) in [5, 5.41) is 8.12. The third-order valence-electron chi connectivity index (χ3n) is 3.57. The fourth-order valence-electron chi connectivity index (χ4n) is 2.56. The Kier molecular flexibility index (Phi) is 3.84. The molecule has 3 rings (SSSR count). The third-order valence-corrected chi connectivity index (χ3v) is 4.31. The lowest BCUT2D eigenvalue weighted by Crippen LogP contribution is -2.35. The molecular formula is C14H16N4O3S. The minimum Gasteiger partial charge on any atom is -0.493 e. The van der Waals surface area contributed by atoms with Crippen molar-refractivity contribution in [3.05, 3.63) is 22.7 Å². The molecule has 1 aromatic carbocycles. The predicted octanol–water partition coefficient (Wildman–Crippen LogP) is 1.73. The number of anilines is 2. The van der Waals surface area contributed by atoms with Crippen LogP contribution in [-0.4, -0.2) is 36.9 Å². The number of nitrogen functional groups attached to an aromatic ring is 1. The SMILES string of the molecule is COc1cc2c(cc1OC)N(C(=O)c1nnc(N)s1)CCC2. The zero-order valence-electron chi connectivity index (χ0n) is 12.3. The van der Waals surface area contributed by atoms with Crippen molar-refractivity contribution in [2.24, 2.45) is 0 Å². The normalized spacial score (nSPS) is 13.6. The van der Waals surface area contributed by atoms with Crippen LogP contribution in [0.1, 0.15) is 21.8 Å². The van der Waals surface area contributed by atoms with Crippen LogP contribution in [0, 0.1) is 0 Å². The van der Waals surface area contributed by atoms with E-state index in [9.17, 15) is 4.79 Å². The molecule has 1 aliphatic rings. The fraction of sp³-hybridized carbons (Fsp3) is 0.357. The Morgan fingerprint density at radius 3 is 2.64 bits per heavy atom. The Hall–Kier alpha value is -2.35. The number of nitrogens with two attached hydrogens (primary N) is 1. The number of methoxy groups -OCH3 is 2. The van der Waals surface area contributed by atoms with Crippen molar-refractivity contribution < 1.29 is 14.3 Å². The van der Waals surface area contributed by atoms with E-state index >= 15 is 0 Å². The summed E-state index contributed by atoms with van der Waals surface area (Å²) in [6, 6.07) is 3.75. The van der Waals surface area contributed by atoms with Crippen molar-refractivity contribution in [2.45, 2.75) is 12.8 Å². The molecule has 0 spiro atoms. The molecule has 8 heteroatoms. The monoisotopic (exact) mass is 320 g/mol. The van der Waals surface area contributed by atoms with Crippen molar-refractivity contribution in [1.29, 1.82) is 0 Å². The van der Waals surface area contributed by atoms with Gasteiger partial charge in [-0.25, -0.2) is 0 Å². The standard InChI is InChI=1S/C14H16N4O3S/c1-20-10-6-8-4-3-5-18(9(8)7-11(10)21-2)13(19)12-16-17-14(15)22-12/h6-7H,3-5H2,1-2H3,(H2,15,17). The van der Waals surface area contributed by atoms with Crippen LogP contribution in [0.5, 0.6) is 11.5 Å². The van der Waals surface area contributed by atoms with E-state index in [2.05, 4.69) is 10.2 Å². The highest BCUT2D eigenvalue weighted by Crippen LogP contribution is 2.38. The minimum absolute atomic E-state index is 0.192. The second-order valence-corrected chi connectivity index (χ2v) is 5.85. The summed E-state index contributed by atoms with van der Waals surface area (Å²) in [5.74, 6) is 1.07. The van der Waals surface area contributed by atoms with E-state index in [0.29, 0.717) is 23.1 Å². The van der Waals surface area contributed by atoms with Gasteiger partial charge in [-0.05, 0) is 24.5 Å². The molecular weight excluding hydrogens is 304 g/mol. The molecule has 0 radical (unpaired) electrons. The number of amides is 1. The molecule has 2 aromatic rings. The molecule has 0 saturated heterocycles. The zero-order chi connectivity index (χ0) is 15.7. The van der Waals surface area contributed by atoms with Gasteiger partial charge in [0.15, 0.2) is 11.5 Å². The number of carbonyl (C=O) groups excluding carboxylic acids is 1. The van der Waals surface area contributed by atoms with Gasteiger partial charge in [-0.2, -0.15) is 0 Å². The van der Waals surface area contributed by atoms with Crippen LogP contribution in [0.2, 0.25) is 0 Å². The topological polar surface area (TPSA) is 90.6 Å². The van der Waals surface area contributed by atoms with Crippen LogP contribution in [0.3, 0.4) is 0 Å². The van der Waals surface area contributed by atoms with E-state index < -0.39 is 0 Å². The lowest BCUT2D eigenvalue weighted by Gasteiger charge is -2.29. The van der Waals surface area contributed by atoms with Crippen LogP contribution in [0.4, 0.5) is 10.8 Å². The van der Waals surface area contributed by atoms with Gasteiger partial charge in [-0.15, -0.1) is 10.2 Å². The van der Waals surface area contributed by atoms with Gasteiger partial charge >= 0.3 is 0 Å². The second kappa shape index (κ2) is 5.80. The summed E-state index contributed by atoms with van der Waals surface area (Å²) in [4.78, 5) is 14.3. The number of carbonyl (C=O) groups is 1. The Bertz CT molecular complexity index is 716. The maximum atomic E-state index is 12.6. The van der Waals surface area contributed by atoms with E-state index in [4.69, 9.17) is 15.2 Å². The number of hydrogen-bond acceptors (Lipinski definition) is 7. The molecule has 0 atom stereocenters. The van der Waals surface area contributed by atoms with Crippen LogP contribution in [-0.2, 0) is 6.42 Å². The molecule has 1 aromatic heterocycles. The van der Waals surface area contributed by atoms with Crippen molar-refractivity contribution in [3.63, 3.8) is 0 Å². The maximum Gasteiger partial charge on any atom is 0.289 e. The number of benzene rings is 1. The number of rotatable bonds is 3. The summed E-state index contributed by atoms with van der Waals surface area (Å²) in [6.07, 6.45) is 1.76. The van der Waals surface area contributed by atoms with Crippen molar-refractivity contribution in [3.8, 4) is 11.5 Å². The first kappa shape index (κ1) is 14.6. The zero-order valence-corrected chi connectivity index (χ0v) is 13.1. The highest BCUT2D eigenvalue weighted by molar-refractivity contribution is 7.17. The maximum absolute atomic E-state index is 12.6. The number of nitrogens with zero attached hydrogens (tertiary/aromatic N) is 3. The lowest BCUT2D eigenvalue weighted by molar-refractivity contribution is 0.0984. The number of fused-ring (bicyclic) bond motifs is 1. The first-order valence-corrected chi connectivity index (χ1v) is 7.61. The van der Waals surface area contributed by atoms with Gasteiger partial charge in [0.1, 0.15) is 0 Å². The first-order chi connectivity index (χ1) is 10.6. The van der Waals surface area contributed by atoms with Gasteiger partial charge in [-0.3, -0.25) is 4.79 Å². The van der Waals surface area contributed by atoms with Crippen molar-refractivity contribution >= 4 is 28.1 Å². The van der Waals surface area contributed by atoms with Gasteiger partial charge in [0, 0.05) is 12.6 Å². The average molecular weight is 320 g/mol. The molecule has 2 N–H and O–H groups in total. The number of aryl methyl sites for hydroxylation is 1. The Labute approximate surface area is 131 Å². The molecule has 0 unspecified atom stereocenters. The van der Waals surface area contributed by atoms with Crippen LogP contribution in [0.25, 0.3) is 0 Å². The molecule has 0 bridgehead atoms. The Morgan fingerprint density at radius 2 is 2.00 bits per heavy atom. The van der Waals surface area contributed by atoms with Crippen LogP contribution < -0.4 is 20.1 Å². The molecule has 0 aliphatic carbocycles. The highest BCUT2D eigenvalue weighted by Gasteiger charge is 2.27. The van der Waals surface area contributed by atoms with E-state index in [1.54, 1.807) is 19.1 Å². The second-order valence-electron chi connectivity index (χ2n) is 4.84. The summed E-state index contributed by atoms with van der Waals surface area (Å²) in [5.41, 5.74) is 7.43. The molecule has 116 valence electrons. The molecule has 22 heavy (non-hydrogen) atoms. The molecule has 0 fully saturated rings. The first-order valence-electron chi connectivity index (χ1n) is 6.79. The smallest absolute Gasteiger partial charge is 0.289 e. The summed E-state index contributed by atoms with van der Waals surface area (Å²) in [6.45, 7) is 0.626. The molecule has 0 saturated carbocycles. The van der Waals surface area contributed by atoms with Crippen LogP contribution in [0.15, 0.2) is 12.1 Å². The van der Waals surface area contributed by atoms with Gasteiger partial charge in [-0.1, -0.05) is 11.3 Å². The number of aromatic nitrogens is 2. The van der Waals surface area contributed by atoms with E-state index in [-0.39, 0.29) is 11.0 Å². The van der Waals surface area contributed by atoms with E-state index in [0.717, 1.165) is 35.4 Å². The van der Waals surface area contributed by atoms with Crippen molar-refractivity contribution in [1.82, 2.24) is 10.2 Å². The average Bonchev–Trinajstić information content (AvgIpc) is 2.98. The molecule has 7 nitrogen and oxygen atoms in total. The fourth-order valence-corrected chi connectivity index (χ4v) is 3.12. The Balaban J connectivity index is 2.02. The number of ether oxygens (including phenoxy) is 2. The van der Waals surface area contributed by atoms with E-state index in [1.807, 2.05) is 12.1 Å². The highest BCUT2D eigenvalue weighted by atomic mass is 32.1. The summed E-state index contributed by atoms with van der Waals surface area (Å²) < 4.78 is 10.7. The van der Waals surface area contributed by atoms with Gasteiger partial charge in [0.05, 0.1) is 19.9 Å². The van der Waals surface area contributed by atoms with Gasteiger partial charge in [0.25, 0.3) is 5.91 Å². The molecule has 1 aliphatic heterocycles. The third kappa shape index (κ3) is 2.45. The predicted molar refractivity (Wildman–Crippen MR) is 83.9 cm³/mol. The van der Waals surface area contributed by atoms with Crippen molar-refractivity contribution in [2.75, 3.05) is 31.4 Å². The largest absolute Gasteiger partial charge is 0.493 e. The molecule has 2 heterocycles. The van der Waals surface area contributed by atoms with Gasteiger partial charge < -0.3 is 20.1 Å². The van der Waals surface area contributed by atoms with Crippen LogP contribution >= 0.6 is 11.3 Å². The van der Waals surface area contributed by atoms with E-state index in [1.165, 1.54) is 0 Å². The lowest BCUT2D eigenvalue weighted by atomic mass is 10.0.